The number of hydrogen-bond acceptors (Lipinski definition) is 3. The van der Waals surface area contributed by atoms with E-state index in [0.29, 0.717) is 6.54 Å². The van der Waals surface area contributed by atoms with E-state index in [1.54, 1.807) is 0 Å². The van der Waals surface area contributed by atoms with Gasteiger partial charge in [-0.2, -0.15) is 5.26 Å². The van der Waals surface area contributed by atoms with E-state index in [2.05, 4.69) is 10.3 Å². The molecule has 2 rings (SSSR count). The van der Waals surface area contributed by atoms with E-state index in [0.717, 1.165) is 5.56 Å². The molecule has 1 aliphatic rings. The van der Waals surface area contributed by atoms with E-state index in [1.165, 1.54) is 0 Å². The van der Waals surface area contributed by atoms with Gasteiger partial charge in [0.25, 0.3) is 0 Å². The number of nitriles is 1. The van der Waals surface area contributed by atoms with E-state index < -0.39 is 5.41 Å². The number of aromatic nitrogens is 1. The van der Waals surface area contributed by atoms with Gasteiger partial charge in [0.15, 0.2) is 5.41 Å². The van der Waals surface area contributed by atoms with Crippen molar-refractivity contribution in [1.82, 2.24) is 10.3 Å². The van der Waals surface area contributed by atoms with Crippen molar-refractivity contribution in [3.8, 4) is 6.07 Å². The van der Waals surface area contributed by atoms with Gasteiger partial charge in [0.2, 0.25) is 5.91 Å². The summed E-state index contributed by atoms with van der Waals surface area (Å²) in [5.41, 5.74) is -0.0239. The molecule has 1 saturated heterocycles. The molecule has 1 aliphatic heterocycles. The number of amides is 1. The molecule has 2 N–H and O–H groups in total. The standard InChI is InChI=1S/C13H17N3O2/c1-12(2,10-3-4-15-5-10)7-16-11(17)13(6-14)8-18-9-13/h3-5,15H,7-9H2,1-2H3,(H,16,17). The van der Waals surface area contributed by atoms with Crippen molar-refractivity contribution < 1.29 is 9.53 Å². The first-order valence-corrected chi connectivity index (χ1v) is 5.91. The van der Waals surface area contributed by atoms with E-state index in [9.17, 15) is 4.79 Å². The SMILES string of the molecule is CC(C)(CNC(=O)C1(C#N)COC1)c1cc[nH]c1. The van der Waals surface area contributed by atoms with Crippen molar-refractivity contribution in [3.63, 3.8) is 0 Å². The van der Waals surface area contributed by atoms with Crippen molar-refractivity contribution in [2.45, 2.75) is 19.3 Å². The fourth-order valence-corrected chi connectivity index (χ4v) is 1.87. The first-order valence-electron chi connectivity index (χ1n) is 5.91. The summed E-state index contributed by atoms with van der Waals surface area (Å²) in [5, 5.41) is 11.9. The second-order valence-corrected chi connectivity index (χ2v) is 5.35. The second-order valence-electron chi connectivity index (χ2n) is 5.35. The highest BCUT2D eigenvalue weighted by molar-refractivity contribution is 5.86. The average Bonchev–Trinajstić information content (AvgIpc) is 2.80. The van der Waals surface area contributed by atoms with Gasteiger partial charge in [-0.25, -0.2) is 0 Å². The van der Waals surface area contributed by atoms with Gasteiger partial charge in [-0.1, -0.05) is 13.8 Å². The van der Waals surface area contributed by atoms with Crippen LogP contribution < -0.4 is 5.32 Å². The molecular formula is C13H17N3O2. The Labute approximate surface area is 106 Å². The summed E-state index contributed by atoms with van der Waals surface area (Å²) in [7, 11) is 0. The smallest absolute Gasteiger partial charge is 0.245 e. The van der Waals surface area contributed by atoms with E-state index in [4.69, 9.17) is 10.00 Å². The minimum Gasteiger partial charge on any atom is -0.377 e. The maximum atomic E-state index is 12.0. The zero-order chi connectivity index (χ0) is 13.2. The van der Waals surface area contributed by atoms with Gasteiger partial charge in [-0.15, -0.1) is 0 Å². The number of carbonyl (C=O) groups is 1. The van der Waals surface area contributed by atoms with Crippen LogP contribution in [0, 0.1) is 16.7 Å². The fraction of sp³-hybridized carbons (Fsp3) is 0.538. The van der Waals surface area contributed by atoms with Crippen LogP contribution in [0.2, 0.25) is 0 Å². The summed E-state index contributed by atoms with van der Waals surface area (Å²) >= 11 is 0. The molecule has 1 aromatic heterocycles. The monoisotopic (exact) mass is 247 g/mol. The van der Waals surface area contributed by atoms with Crippen molar-refractivity contribution in [2.24, 2.45) is 5.41 Å². The molecule has 1 amide bonds. The maximum Gasteiger partial charge on any atom is 0.245 e. The molecule has 1 fully saturated rings. The fourth-order valence-electron chi connectivity index (χ4n) is 1.87. The number of carbonyl (C=O) groups excluding carboxylic acids is 1. The first-order chi connectivity index (χ1) is 8.50. The lowest BCUT2D eigenvalue weighted by Crippen LogP contribution is -2.54. The minimum atomic E-state index is -0.978. The molecule has 1 aromatic rings. The topological polar surface area (TPSA) is 77.9 Å². The molecule has 5 nitrogen and oxygen atoms in total. The van der Waals surface area contributed by atoms with Gasteiger partial charge >= 0.3 is 0 Å². The Morgan fingerprint density at radius 2 is 2.39 bits per heavy atom. The lowest BCUT2D eigenvalue weighted by Gasteiger charge is -2.34. The van der Waals surface area contributed by atoms with Crippen molar-refractivity contribution >= 4 is 5.91 Å². The number of ether oxygens (including phenoxy) is 1. The third-order valence-corrected chi connectivity index (χ3v) is 3.42. The van der Waals surface area contributed by atoms with Crippen LogP contribution in [0.4, 0.5) is 0 Å². The number of rotatable bonds is 4. The summed E-state index contributed by atoms with van der Waals surface area (Å²) in [6.45, 7) is 4.98. The van der Waals surface area contributed by atoms with E-state index >= 15 is 0 Å². The highest BCUT2D eigenvalue weighted by Crippen LogP contribution is 2.27. The Kier molecular flexibility index (Phi) is 3.14. The molecule has 0 aliphatic carbocycles. The number of nitrogens with zero attached hydrogens (tertiary/aromatic N) is 1. The van der Waals surface area contributed by atoms with Crippen LogP contribution in [0.25, 0.3) is 0 Å². The van der Waals surface area contributed by atoms with Crippen molar-refractivity contribution in [3.05, 3.63) is 24.0 Å². The first kappa shape index (κ1) is 12.7. The molecule has 0 aromatic carbocycles. The normalized spacial score (nSPS) is 17.6. The Balaban J connectivity index is 1.96. The summed E-state index contributed by atoms with van der Waals surface area (Å²) in [6, 6.07) is 4.03. The zero-order valence-electron chi connectivity index (χ0n) is 10.6. The second kappa shape index (κ2) is 4.46. The Morgan fingerprint density at radius 1 is 1.67 bits per heavy atom. The highest BCUT2D eigenvalue weighted by Gasteiger charge is 2.46. The summed E-state index contributed by atoms with van der Waals surface area (Å²) in [6.07, 6.45) is 3.77. The number of hydrogen-bond donors (Lipinski definition) is 2. The zero-order valence-corrected chi connectivity index (χ0v) is 10.6. The van der Waals surface area contributed by atoms with Gasteiger partial charge in [0.05, 0.1) is 19.3 Å². The van der Waals surface area contributed by atoms with Crippen LogP contribution in [0.5, 0.6) is 0 Å². The van der Waals surface area contributed by atoms with Crippen LogP contribution in [0.15, 0.2) is 18.5 Å². The maximum absolute atomic E-state index is 12.0. The van der Waals surface area contributed by atoms with Crippen LogP contribution in [-0.4, -0.2) is 30.6 Å². The van der Waals surface area contributed by atoms with Crippen LogP contribution >= 0.6 is 0 Å². The number of H-pyrrole nitrogens is 1. The Hall–Kier alpha value is -1.80. The molecule has 0 saturated carbocycles. The predicted octanol–water partition coefficient (Wildman–Crippen LogP) is 0.949. The Bertz CT molecular complexity index is 467. The third kappa shape index (κ3) is 2.12. The molecular weight excluding hydrogens is 230 g/mol. The lowest BCUT2D eigenvalue weighted by atomic mass is 9.84. The van der Waals surface area contributed by atoms with Gasteiger partial charge in [-0.05, 0) is 11.6 Å². The molecule has 0 bridgehead atoms. The molecule has 2 heterocycles. The van der Waals surface area contributed by atoms with E-state index in [-0.39, 0.29) is 24.5 Å². The molecule has 0 atom stereocenters. The van der Waals surface area contributed by atoms with Crippen LogP contribution in [-0.2, 0) is 14.9 Å². The quantitative estimate of drug-likeness (QED) is 0.831. The Morgan fingerprint density at radius 3 is 2.83 bits per heavy atom. The summed E-state index contributed by atoms with van der Waals surface area (Å²) in [5.74, 6) is -0.236. The highest BCUT2D eigenvalue weighted by atomic mass is 16.5. The largest absolute Gasteiger partial charge is 0.377 e. The van der Waals surface area contributed by atoms with Crippen LogP contribution in [0.1, 0.15) is 19.4 Å². The molecule has 5 heteroatoms. The number of nitrogens with one attached hydrogen (secondary N) is 2. The van der Waals surface area contributed by atoms with Gasteiger partial charge in [0, 0.05) is 24.4 Å². The van der Waals surface area contributed by atoms with Gasteiger partial charge in [-0.3, -0.25) is 4.79 Å². The lowest BCUT2D eigenvalue weighted by molar-refractivity contribution is -0.150. The predicted molar refractivity (Wildman–Crippen MR) is 65.7 cm³/mol. The van der Waals surface area contributed by atoms with Crippen LogP contribution in [0.3, 0.4) is 0 Å². The van der Waals surface area contributed by atoms with E-state index in [1.807, 2.05) is 38.4 Å². The summed E-state index contributed by atoms with van der Waals surface area (Å²) in [4.78, 5) is 15.0. The molecule has 0 unspecified atom stereocenters. The molecule has 96 valence electrons. The summed E-state index contributed by atoms with van der Waals surface area (Å²) < 4.78 is 4.97. The minimum absolute atomic E-state index is 0.170. The molecule has 0 radical (unpaired) electrons. The van der Waals surface area contributed by atoms with Crippen molar-refractivity contribution in [1.29, 1.82) is 5.26 Å². The van der Waals surface area contributed by atoms with Gasteiger partial charge < -0.3 is 15.0 Å². The average molecular weight is 247 g/mol. The molecule has 18 heavy (non-hydrogen) atoms. The van der Waals surface area contributed by atoms with Crippen molar-refractivity contribution in [2.75, 3.05) is 19.8 Å². The number of aromatic amines is 1. The molecule has 0 spiro atoms. The third-order valence-electron chi connectivity index (χ3n) is 3.42. The van der Waals surface area contributed by atoms with Gasteiger partial charge in [0.1, 0.15) is 0 Å².